The molecule has 0 heterocycles. The number of nitrogens with two attached hydrogens (primary N) is 1. The van der Waals surface area contributed by atoms with Gasteiger partial charge < -0.3 is 5.73 Å². The van der Waals surface area contributed by atoms with E-state index < -0.39 is 20.8 Å². The molecule has 3 N–H and O–H groups in total. The molecule has 0 spiro atoms. The summed E-state index contributed by atoms with van der Waals surface area (Å²) >= 11 is 0. The molecule has 0 aliphatic rings. The molecule has 0 saturated carbocycles. The van der Waals surface area contributed by atoms with Gasteiger partial charge >= 0.3 is 0 Å². The van der Waals surface area contributed by atoms with Gasteiger partial charge in [0.15, 0.2) is 0 Å². The van der Waals surface area contributed by atoms with Gasteiger partial charge in [-0.1, -0.05) is 0 Å². The van der Waals surface area contributed by atoms with E-state index in [1.165, 1.54) is 0 Å². The Balaban J connectivity index is 4.12. The van der Waals surface area contributed by atoms with Gasteiger partial charge in [-0.3, -0.25) is 0 Å². The fourth-order valence-electron chi connectivity index (χ4n) is 0.453. The van der Waals surface area contributed by atoms with E-state index in [4.69, 9.17) is 5.73 Å². The highest BCUT2D eigenvalue weighted by molar-refractivity contribution is 7.90. The molecular weight excluding hydrogens is 176 g/mol. The first-order valence-corrected chi connectivity index (χ1v) is 5.47. The molecule has 5 heteroatoms. The maximum atomic E-state index is 11.2. The Hall–Kier alpha value is -0.130. The monoisotopic (exact) mass is 194 g/mol. The van der Waals surface area contributed by atoms with Gasteiger partial charge in [-0.05, 0) is 27.7 Å². The Kier molecular flexibility index (Phi) is 3.68. The molecule has 0 amide bonds. The summed E-state index contributed by atoms with van der Waals surface area (Å²) in [4.78, 5) is 0. The molecule has 0 aromatic carbocycles. The van der Waals surface area contributed by atoms with Gasteiger partial charge in [0.25, 0.3) is 0 Å². The van der Waals surface area contributed by atoms with Gasteiger partial charge in [-0.25, -0.2) is 13.1 Å². The molecular formula is C7H18N2O2S. The van der Waals surface area contributed by atoms with E-state index >= 15 is 0 Å². The molecule has 0 aliphatic heterocycles. The molecule has 0 aromatic heterocycles. The minimum absolute atomic E-state index is 0.271. The molecule has 12 heavy (non-hydrogen) atoms. The molecule has 0 aromatic rings. The smallest absolute Gasteiger partial charge is 0.213 e. The summed E-state index contributed by atoms with van der Waals surface area (Å²) < 4.78 is 24.9. The molecule has 74 valence electrons. The van der Waals surface area contributed by atoms with E-state index in [-0.39, 0.29) is 6.54 Å². The number of hydrogen-bond donors (Lipinski definition) is 2. The van der Waals surface area contributed by atoms with Crippen LogP contribution in [0.4, 0.5) is 0 Å². The van der Waals surface area contributed by atoms with Crippen LogP contribution < -0.4 is 10.5 Å². The second kappa shape index (κ2) is 3.72. The molecule has 0 saturated heterocycles. The van der Waals surface area contributed by atoms with Crippen LogP contribution in [0.15, 0.2) is 0 Å². The molecule has 0 atom stereocenters. The number of rotatable bonds is 4. The lowest BCUT2D eigenvalue weighted by Crippen LogP contribution is -2.46. The van der Waals surface area contributed by atoms with Gasteiger partial charge in [0.1, 0.15) is 0 Å². The van der Waals surface area contributed by atoms with Crippen molar-refractivity contribution in [2.24, 2.45) is 5.73 Å². The van der Waals surface area contributed by atoms with Crippen molar-refractivity contribution in [3.63, 3.8) is 0 Å². The van der Waals surface area contributed by atoms with Crippen LogP contribution in [0.1, 0.15) is 27.7 Å². The van der Waals surface area contributed by atoms with Crippen LogP contribution >= 0.6 is 0 Å². The zero-order valence-corrected chi connectivity index (χ0v) is 8.90. The van der Waals surface area contributed by atoms with Crippen molar-refractivity contribution in [1.29, 1.82) is 0 Å². The predicted octanol–water partition coefficient (Wildman–Crippen LogP) is 0.0515. The summed E-state index contributed by atoms with van der Waals surface area (Å²) in [5, 5.41) is -0.403. The lowest BCUT2D eigenvalue weighted by molar-refractivity contribution is 0.495. The SMILES string of the molecule is CC(C)S(=O)(=O)NCC(C)(C)N. The highest BCUT2D eigenvalue weighted by Gasteiger charge is 2.19. The summed E-state index contributed by atoms with van der Waals surface area (Å²) in [6.45, 7) is 7.08. The van der Waals surface area contributed by atoms with Crippen LogP contribution in [0.3, 0.4) is 0 Å². The van der Waals surface area contributed by atoms with Crippen molar-refractivity contribution in [2.45, 2.75) is 38.5 Å². The van der Waals surface area contributed by atoms with E-state index in [2.05, 4.69) is 4.72 Å². The molecule has 0 fully saturated rings. The first-order valence-electron chi connectivity index (χ1n) is 3.92. The third kappa shape index (κ3) is 4.69. The summed E-state index contributed by atoms with van der Waals surface area (Å²) in [5.74, 6) is 0. The molecule has 0 rings (SSSR count). The summed E-state index contributed by atoms with van der Waals surface area (Å²) in [6.07, 6.45) is 0. The summed E-state index contributed by atoms with van der Waals surface area (Å²) in [6, 6.07) is 0. The molecule has 0 unspecified atom stereocenters. The predicted molar refractivity (Wildman–Crippen MR) is 50.3 cm³/mol. The van der Waals surface area contributed by atoms with Crippen LogP contribution in [-0.4, -0.2) is 25.8 Å². The van der Waals surface area contributed by atoms with Crippen molar-refractivity contribution >= 4 is 10.0 Å². The Morgan fingerprint density at radius 2 is 1.83 bits per heavy atom. The maximum Gasteiger partial charge on any atom is 0.213 e. The Labute approximate surface area is 74.6 Å². The van der Waals surface area contributed by atoms with E-state index in [9.17, 15) is 8.42 Å². The van der Waals surface area contributed by atoms with Crippen molar-refractivity contribution < 1.29 is 8.42 Å². The lowest BCUT2D eigenvalue weighted by atomic mass is 10.1. The topological polar surface area (TPSA) is 72.2 Å². The minimum Gasteiger partial charge on any atom is -0.324 e. The van der Waals surface area contributed by atoms with Crippen molar-refractivity contribution in [3.8, 4) is 0 Å². The average molecular weight is 194 g/mol. The lowest BCUT2D eigenvalue weighted by Gasteiger charge is -2.19. The van der Waals surface area contributed by atoms with E-state index in [1.807, 2.05) is 0 Å². The Bertz CT molecular complexity index is 226. The first-order chi connectivity index (χ1) is 5.15. The number of hydrogen-bond acceptors (Lipinski definition) is 3. The standard InChI is InChI=1S/C7H18N2O2S/c1-6(2)12(10,11)9-5-7(3,4)8/h6,9H,5,8H2,1-4H3. The van der Waals surface area contributed by atoms with Crippen LogP contribution in [0.2, 0.25) is 0 Å². The normalized spacial score (nSPS) is 13.8. The first kappa shape index (κ1) is 11.9. The summed E-state index contributed by atoms with van der Waals surface area (Å²) in [7, 11) is -3.16. The Morgan fingerprint density at radius 1 is 1.42 bits per heavy atom. The largest absolute Gasteiger partial charge is 0.324 e. The van der Waals surface area contributed by atoms with Crippen molar-refractivity contribution in [3.05, 3.63) is 0 Å². The summed E-state index contributed by atoms with van der Waals surface area (Å²) in [5.41, 5.74) is 5.12. The quantitative estimate of drug-likeness (QED) is 0.664. The maximum absolute atomic E-state index is 11.2. The minimum atomic E-state index is -3.16. The van der Waals surface area contributed by atoms with Gasteiger partial charge in [-0.15, -0.1) is 0 Å². The third-order valence-electron chi connectivity index (χ3n) is 1.35. The van der Waals surface area contributed by atoms with E-state index in [1.54, 1.807) is 27.7 Å². The molecule has 0 radical (unpaired) electrons. The van der Waals surface area contributed by atoms with Gasteiger partial charge in [0, 0.05) is 12.1 Å². The van der Waals surface area contributed by atoms with E-state index in [0.717, 1.165) is 0 Å². The fraction of sp³-hybridized carbons (Fsp3) is 1.00. The average Bonchev–Trinajstić information content (AvgIpc) is 1.82. The third-order valence-corrected chi connectivity index (χ3v) is 3.14. The van der Waals surface area contributed by atoms with Crippen molar-refractivity contribution in [1.82, 2.24) is 4.72 Å². The second-order valence-electron chi connectivity index (χ2n) is 3.90. The van der Waals surface area contributed by atoms with Crippen LogP contribution in [-0.2, 0) is 10.0 Å². The van der Waals surface area contributed by atoms with Gasteiger partial charge in [0.05, 0.1) is 5.25 Å². The second-order valence-corrected chi connectivity index (χ2v) is 6.22. The van der Waals surface area contributed by atoms with Crippen molar-refractivity contribution in [2.75, 3.05) is 6.54 Å². The van der Waals surface area contributed by atoms with E-state index in [0.29, 0.717) is 0 Å². The fourth-order valence-corrected chi connectivity index (χ4v) is 1.36. The molecule has 0 aliphatic carbocycles. The highest BCUT2D eigenvalue weighted by atomic mass is 32.2. The number of nitrogens with one attached hydrogen (secondary N) is 1. The Morgan fingerprint density at radius 3 is 2.08 bits per heavy atom. The van der Waals surface area contributed by atoms with Crippen LogP contribution in [0.25, 0.3) is 0 Å². The molecule has 4 nitrogen and oxygen atoms in total. The molecule has 0 bridgehead atoms. The van der Waals surface area contributed by atoms with Crippen LogP contribution in [0, 0.1) is 0 Å². The van der Waals surface area contributed by atoms with Gasteiger partial charge in [-0.2, -0.15) is 0 Å². The zero-order valence-electron chi connectivity index (χ0n) is 8.09. The van der Waals surface area contributed by atoms with Crippen LogP contribution in [0.5, 0.6) is 0 Å². The highest BCUT2D eigenvalue weighted by Crippen LogP contribution is 1.99. The van der Waals surface area contributed by atoms with Gasteiger partial charge in [0.2, 0.25) is 10.0 Å². The zero-order chi connectivity index (χ0) is 9.99. The number of sulfonamides is 1.